The summed E-state index contributed by atoms with van der Waals surface area (Å²) in [6.45, 7) is 7.41. The Balaban J connectivity index is 0.000000178. The number of hydrogen-bond donors (Lipinski definition) is 0. The van der Waals surface area contributed by atoms with Crippen molar-refractivity contribution in [1.82, 2.24) is 29.3 Å². The number of rotatable bonds is 2. The maximum atomic E-state index is 11.5. The monoisotopic (exact) mass is 414 g/mol. The highest BCUT2D eigenvalue weighted by Crippen LogP contribution is 2.23. The molecule has 30 heavy (non-hydrogen) atoms. The summed E-state index contributed by atoms with van der Waals surface area (Å²) in [5.41, 5.74) is 2.20. The maximum Gasteiger partial charge on any atom is 0.410 e. The molecule has 1 saturated heterocycles. The van der Waals surface area contributed by atoms with Gasteiger partial charge in [-0.25, -0.2) is 14.3 Å². The van der Waals surface area contributed by atoms with Crippen LogP contribution in [0.2, 0.25) is 0 Å². The quantitative estimate of drug-likeness (QED) is 0.637. The zero-order chi connectivity index (χ0) is 21.7. The second-order valence-corrected chi connectivity index (χ2v) is 8.23. The molecule has 0 N–H and O–H groups in total. The number of piperidine rings is 1. The summed E-state index contributed by atoms with van der Waals surface area (Å²) < 4.78 is 14.0. The number of nitrogens with zero attached hydrogens (tertiary/aromatic N) is 6. The molecule has 0 aromatic carbocycles. The Hall–Kier alpha value is -3.10. The van der Waals surface area contributed by atoms with Crippen LogP contribution in [0.4, 0.5) is 4.79 Å². The van der Waals surface area contributed by atoms with E-state index in [4.69, 9.17) is 9.47 Å². The van der Waals surface area contributed by atoms with Crippen LogP contribution in [0.5, 0.6) is 5.88 Å². The van der Waals surface area contributed by atoms with Crippen molar-refractivity contribution in [2.45, 2.75) is 45.6 Å². The van der Waals surface area contributed by atoms with Crippen LogP contribution in [0.3, 0.4) is 0 Å². The second kappa shape index (κ2) is 9.15. The molecule has 9 heteroatoms. The van der Waals surface area contributed by atoms with Crippen LogP contribution < -0.4 is 4.74 Å². The van der Waals surface area contributed by atoms with Gasteiger partial charge in [0, 0.05) is 31.9 Å². The number of amides is 1. The van der Waals surface area contributed by atoms with E-state index in [0.717, 1.165) is 42.7 Å². The molecule has 3 aromatic rings. The molecule has 0 unspecified atom stereocenters. The van der Waals surface area contributed by atoms with E-state index in [1.54, 1.807) is 33.6 Å². The molecule has 3 aromatic heterocycles. The van der Waals surface area contributed by atoms with E-state index < -0.39 is 0 Å². The molecule has 0 bridgehead atoms. The number of aryl methyl sites for hydroxylation is 1. The van der Waals surface area contributed by atoms with E-state index in [0.29, 0.717) is 5.88 Å². The molecule has 0 spiro atoms. The molecule has 1 fully saturated rings. The largest absolute Gasteiger partial charge is 0.479 e. The van der Waals surface area contributed by atoms with Gasteiger partial charge in [0.15, 0.2) is 0 Å². The minimum atomic E-state index is -0.367. The van der Waals surface area contributed by atoms with E-state index >= 15 is 0 Å². The first kappa shape index (κ1) is 21.6. The molecule has 9 nitrogen and oxygen atoms in total. The van der Waals surface area contributed by atoms with E-state index in [2.05, 4.69) is 15.2 Å². The zero-order valence-electron chi connectivity index (χ0n) is 18.3. The van der Waals surface area contributed by atoms with Crippen molar-refractivity contribution in [2.75, 3.05) is 20.2 Å². The fourth-order valence-corrected chi connectivity index (χ4v) is 3.14. The number of fused-ring (bicyclic) bond motifs is 1. The molecular formula is C21H30N6O3. The van der Waals surface area contributed by atoms with Crippen molar-refractivity contribution < 1.29 is 14.3 Å². The van der Waals surface area contributed by atoms with Crippen LogP contribution in [-0.2, 0) is 11.8 Å². The minimum Gasteiger partial charge on any atom is -0.479 e. The normalized spacial score (nSPS) is 14.2. The maximum absolute atomic E-state index is 11.5. The molecule has 4 heterocycles. The fourth-order valence-electron chi connectivity index (χ4n) is 3.14. The number of carbonyl (C=O) groups is 1. The summed E-state index contributed by atoms with van der Waals surface area (Å²) in [5.74, 6) is 0.559. The van der Waals surface area contributed by atoms with Gasteiger partial charge in [0.2, 0.25) is 5.88 Å². The molecule has 1 amide bonds. The van der Waals surface area contributed by atoms with E-state index in [-0.39, 0.29) is 11.7 Å². The Morgan fingerprint density at radius 1 is 1.10 bits per heavy atom. The third-order valence-corrected chi connectivity index (χ3v) is 4.56. The average molecular weight is 415 g/mol. The van der Waals surface area contributed by atoms with Crippen molar-refractivity contribution in [2.24, 2.45) is 7.05 Å². The average Bonchev–Trinajstić information content (AvgIpc) is 3.36. The smallest absolute Gasteiger partial charge is 0.410 e. The molecular weight excluding hydrogens is 384 g/mol. The van der Waals surface area contributed by atoms with E-state index in [9.17, 15) is 4.79 Å². The van der Waals surface area contributed by atoms with Crippen LogP contribution in [0.25, 0.3) is 16.8 Å². The first-order valence-corrected chi connectivity index (χ1v) is 10.1. The number of methoxy groups -OCH3 is 1. The summed E-state index contributed by atoms with van der Waals surface area (Å²) in [6, 6.07) is 1.86. The van der Waals surface area contributed by atoms with Crippen molar-refractivity contribution >= 4 is 11.6 Å². The Kier molecular flexibility index (Phi) is 6.59. The summed E-state index contributed by atoms with van der Waals surface area (Å²) in [7, 11) is 3.47. The summed E-state index contributed by atoms with van der Waals surface area (Å²) in [5, 5.41) is 8.31. The van der Waals surface area contributed by atoms with Crippen molar-refractivity contribution in [3.8, 4) is 17.1 Å². The number of aromatic nitrogens is 5. The van der Waals surface area contributed by atoms with Crippen molar-refractivity contribution in [3.05, 3.63) is 30.9 Å². The summed E-state index contributed by atoms with van der Waals surface area (Å²) in [6.07, 6.45) is 10.5. The molecule has 0 atom stereocenters. The Morgan fingerprint density at radius 3 is 2.43 bits per heavy atom. The molecule has 0 radical (unpaired) electrons. The number of likely N-dealkylation sites (tertiary alicyclic amines) is 1. The third-order valence-electron chi connectivity index (χ3n) is 4.56. The van der Waals surface area contributed by atoms with Crippen LogP contribution in [0.1, 0.15) is 40.0 Å². The Bertz CT molecular complexity index is 982. The lowest BCUT2D eigenvalue weighted by molar-refractivity contribution is 0.0216. The van der Waals surface area contributed by atoms with Gasteiger partial charge < -0.3 is 14.4 Å². The van der Waals surface area contributed by atoms with Gasteiger partial charge in [-0.2, -0.15) is 10.2 Å². The summed E-state index contributed by atoms with van der Waals surface area (Å²) in [4.78, 5) is 17.8. The fraction of sp³-hybridized carbons (Fsp3) is 0.524. The van der Waals surface area contributed by atoms with Gasteiger partial charge in [0.05, 0.1) is 31.4 Å². The first-order chi connectivity index (χ1) is 14.3. The number of carbonyl (C=O) groups excluding carboxylic acids is 1. The van der Waals surface area contributed by atoms with Crippen LogP contribution in [0.15, 0.2) is 30.9 Å². The highest BCUT2D eigenvalue weighted by atomic mass is 16.6. The Morgan fingerprint density at radius 2 is 1.83 bits per heavy atom. The van der Waals surface area contributed by atoms with Gasteiger partial charge >= 0.3 is 6.09 Å². The lowest BCUT2D eigenvalue weighted by Crippen LogP contribution is -2.39. The standard InChI is InChI=1S/C11H11N5O.C10H19NO2/c1-15-6-8(5-13-15)9-7-16-10(3-4-12-16)11(14-9)17-2;1-10(2,3)13-9(12)11-7-5-4-6-8-11/h3-7H,1-2H3;4-8H2,1-3H3. The second-order valence-electron chi connectivity index (χ2n) is 8.23. The van der Waals surface area contributed by atoms with E-state index in [1.807, 2.05) is 46.3 Å². The molecule has 162 valence electrons. The van der Waals surface area contributed by atoms with Gasteiger partial charge in [-0.15, -0.1) is 0 Å². The zero-order valence-corrected chi connectivity index (χ0v) is 18.3. The lowest BCUT2D eigenvalue weighted by Gasteiger charge is -2.29. The molecule has 1 aliphatic heterocycles. The predicted octanol–water partition coefficient (Wildman–Crippen LogP) is 3.55. The van der Waals surface area contributed by atoms with Crippen molar-refractivity contribution in [3.63, 3.8) is 0 Å². The SMILES string of the molecule is CC(C)(C)OC(=O)N1CCCCC1.COc1nc(-c2cnn(C)c2)cn2nccc12. The lowest BCUT2D eigenvalue weighted by atomic mass is 10.1. The van der Waals surface area contributed by atoms with E-state index in [1.165, 1.54) is 6.42 Å². The van der Waals surface area contributed by atoms with Gasteiger partial charge in [-0.3, -0.25) is 4.68 Å². The van der Waals surface area contributed by atoms with Crippen molar-refractivity contribution in [1.29, 1.82) is 0 Å². The highest BCUT2D eigenvalue weighted by Gasteiger charge is 2.22. The molecule has 4 rings (SSSR count). The first-order valence-electron chi connectivity index (χ1n) is 10.1. The molecule has 0 aliphatic carbocycles. The van der Waals surface area contributed by atoms with Crippen LogP contribution in [0, 0.1) is 0 Å². The van der Waals surface area contributed by atoms with Gasteiger partial charge in [-0.05, 0) is 46.1 Å². The summed E-state index contributed by atoms with van der Waals surface area (Å²) >= 11 is 0. The topological polar surface area (TPSA) is 86.8 Å². The van der Waals surface area contributed by atoms with Gasteiger partial charge in [0.1, 0.15) is 11.1 Å². The number of hydrogen-bond acceptors (Lipinski definition) is 6. The van der Waals surface area contributed by atoms with Crippen LogP contribution >= 0.6 is 0 Å². The predicted molar refractivity (Wildman–Crippen MR) is 113 cm³/mol. The minimum absolute atomic E-state index is 0.160. The Labute approximate surface area is 176 Å². The van der Waals surface area contributed by atoms with Gasteiger partial charge in [0.25, 0.3) is 0 Å². The molecule has 0 saturated carbocycles. The third kappa shape index (κ3) is 5.49. The molecule has 1 aliphatic rings. The number of ether oxygens (including phenoxy) is 2. The van der Waals surface area contributed by atoms with Gasteiger partial charge in [-0.1, -0.05) is 0 Å². The van der Waals surface area contributed by atoms with Crippen LogP contribution in [-0.4, -0.2) is 61.2 Å². The highest BCUT2D eigenvalue weighted by molar-refractivity contribution is 5.68.